The number of nitrogens with zero attached hydrogens (tertiary/aromatic N) is 3. The van der Waals surface area contributed by atoms with Crippen LogP contribution in [0.25, 0.3) is 0 Å². The third kappa shape index (κ3) is 8.59. The Bertz CT molecular complexity index is 1590. The first-order valence-electron chi connectivity index (χ1n) is 18.1. The Hall–Kier alpha value is -4.14. The number of aliphatic carboxylic acids is 2. The van der Waals surface area contributed by atoms with Crippen LogP contribution in [0.1, 0.15) is 61.3 Å². The summed E-state index contributed by atoms with van der Waals surface area (Å²) < 4.78 is 5.51. The largest absolute Gasteiger partial charge is 0.497 e. The summed E-state index contributed by atoms with van der Waals surface area (Å²) in [4.78, 5) is 26.5. The fourth-order valence-corrected chi connectivity index (χ4v) is 9.01. The van der Waals surface area contributed by atoms with E-state index in [1.807, 2.05) is 0 Å². The number of rotatable bonds is 7. The van der Waals surface area contributed by atoms with Gasteiger partial charge in [0.2, 0.25) is 0 Å². The molecule has 2 N–H and O–H groups in total. The summed E-state index contributed by atoms with van der Waals surface area (Å²) in [6.07, 6.45) is 11.6. The van der Waals surface area contributed by atoms with Crippen molar-refractivity contribution in [3.63, 3.8) is 0 Å². The number of anilines is 2. The lowest BCUT2D eigenvalue weighted by Gasteiger charge is -2.58. The normalized spacial score (nSPS) is 22.6. The molecule has 0 amide bonds. The topological polar surface area (TPSA) is 93.5 Å². The Morgan fingerprint density at radius 2 is 1.54 bits per heavy atom. The molecule has 4 aliphatic rings. The minimum Gasteiger partial charge on any atom is -0.497 e. The van der Waals surface area contributed by atoms with Crippen LogP contribution in [-0.4, -0.2) is 85.9 Å². The van der Waals surface area contributed by atoms with Crippen molar-refractivity contribution in [1.82, 2.24) is 9.80 Å². The van der Waals surface area contributed by atoms with E-state index in [0.29, 0.717) is 23.5 Å². The molecule has 4 atom stereocenters. The molecule has 7 rings (SSSR count). The number of benzene rings is 3. The molecule has 3 aromatic carbocycles. The van der Waals surface area contributed by atoms with Crippen LogP contribution in [0.2, 0.25) is 0 Å². The summed E-state index contributed by atoms with van der Waals surface area (Å²) in [7, 11) is 8.43. The lowest BCUT2D eigenvalue weighted by Crippen LogP contribution is -2.59. The van der Waals surface area contributed by atoms with Crippen molar-refractivity contribution in [3.8, 4) is 5.75 Å². The highest BCUT2D eigenvalue weighted by molar-refractivity contribution is 5.89. The molecule has 2 heterocycles. The molecule has 8 nitrogen and oxygen atoms in total. The average molecular weight is 682 g/mol. The zero-order valence-electron chi connectivity index (χ0n) is 30.5. The van der Waals surface area contributed by atoms with Crippen molar-refractivity contribution >= 4 is 23.3 Å². The average Bonchev–Trinajstić information content (AvgIpc) is 3.26. The summed E-state index contributed by atoms with van der Waals surface area (Å²) in [5.41, 5.74) is 9.38. The van der Waals surface area contributed by atoms with Gasteiger partial charge in [0.25, 0.3) is 0 Å². The molecule has 0 aromatic heterocycles. The summed E-state index contributed by atoms with van der Waals surface area (Å²) in [5.74, 6) is 0.0171. The minimum absolute atomic E-state index is 0.456. The molecule has 0 radical (unpaired) electrons. The lowest BCUT2D eigenvalue weighted by atomic mass is 9.52. The third-order valence-corrected chi connectivity index (χ3v) is 11.1. The van der Waals surface area contributed by atoms with Crippen molar-refractivity contribution in [2.45, 2.75) is 69.7 Å². The molecule has 2 fully saturated rings. The maximum atomic E-state index is 9.55. The lowest BCUT2D eigenvalue weighted by molar-refractivity contribution is -0.134. The molecule has 8 heteroatoms. The van der Waals surface area contributed by atoms with Gasteiger partial charge in [0.05, 0.1) is 7.11 Å². The van der Waals surface area contributed by atoms with Crippen molar-refractivity contribution < 1.29 is 24.5 Å². The van der Waals surface area contributed by atoms with E-state index in [1.54, 1.807) is 18.2 Å². The SMILES string of the molecule is CC(CN(C)C)CN1c2ccccc2CCc2ccccc21.COc1ccc2c(c1)[C@]13CCCC[C@@H]1[C@H](C2)N(C)CC3.O=C(O)/C=C\C(=O)O. The van der Waals surface area contributed by atoms with E-state index in [0.717, 1.165) is 43.6 Å². The summed E-state index contributed by atoms with van der Waals surface area (Å²) in [6.45, 7) is 5.78. The first-order valence-corrected chi connectivity index (χ1v) is 18.1. The number of para-hydroxylation sites is 2. The summed E-state index contributed by atoms with van der Waals surface area (Å²) in [6, 6.07) is 25.4. The molecule has 50 heavy (non-hydrogen) atoms. The van der Waals surface area contributed by atoms with Gasteiger partial charge in [-0.3, -0.25) is 0 Å². The monoisotopic (exact) mass is 681 g/mol. The number of hydrogen-bond acceptors (Lipinski definition) is 6. The van der Waals surface area contributed by atoms with Crippen LogP contribution in [0.4, 0.5) is 11.4 Å². The van der Waals surface area contributed by atoms with Gasteiger partial charge in [0, 0.05) is 48.1 Å². The first kappa shape index (κ1) is 37.1. The number of carboxylic acids is 2. The van der Waals surface area contributed by atoms with Gasteiger partial charge in [-0.15, -0.1) is 0 Å². The Morgan fingerprint density at radius 3 is 2.12 bits per heavy atom. The maximum Gasteiger partial charge on any atom is 0.328 e. The van der Waals surface area contributed by atoms with Crippen LogP contribution < -0.4 is 9.64 Å². The first-order chi connectivity index (χ1) is 24.0. The van der Waals surface area contributed by atoms with E-state index in [9.17, 15) is 9.59 Å². The van der Waals surface area contributed by atoms with Crippen molar-refractivity contribution in [1.29, 1.82) is 0 Å². The highest BCUT2D eigenvalue weighted by Crippen LogP contribution is 2.56. The summed E-state index contributed by atoms with van der Waals surface area (Å²) >= 11 is 0. The van der Waals surface area contributed by atoms with Crippen LogP contribution in [0.3, 0.4) is 0 Å². The van der Waals surface area contributed by atoms with Gasteiger partial charge in [0.15, 0.2) is 0 Å². The van der Waals surface area contributed by atoms with Gasteiger partial charge in [-0.05, 0) is 125 Å². The molecule has 2 aliphatic carbocycles. The number of aryl methyl sites for hydroxylation is 2. The number of carboxylic acid groups (broad SMARTS) is 2. The number of likely N-dealkylation sites (N-methyl/N-ethyl adjacent to an activating group) is 1. The fraction of sp³-hybridized carbons (Fsp3) is 0.476. The number of piperidine rings is 1. The smallest absolute Gasteiger partial charge is 0.328 e. The van der Waals surface area contributed by atoms with Gasteiger partial charge in [-0.25, -0.2) is 9.59 Å². The molecule has 2 bridgehead atoms. The number of fused-ring (bicyclic) bond motifs is 3. The number of ether oxygens (including phenoxy) is 1. The fourth-order valence-electron chi connectivity index (χ4n) is 9.01. The Kier molecular flexibility index (Phi) is 12.4. The van der Waals surface area contributed by atoms with Crippen LogP contribution >= 0.6 is 0 Å². The van der Waals surface area contributed by atoms with Crippen LogP contribution in [0.15, 0.2) is 78.9 Å². The number of likely N-dealkylation sites (tertiary alicyclic amines) is 1. The standard InChI is InChI=1S/C20H26N2.C18H25NO.C4H4O4/c1-16(14-21(2)3)15-22-19-10-6-4-8-17(19)12-13-18-9-5-7-11-20(18)22;1-19-10-9-18-8-4-3-5-15(18)17(19)11-13-6-7-14(20-2)12-16(13)18;5-3(6)1-2-4(7)8/h4-11,16H,12-15H2,1-3H3;6-7,12,15,17H,3-5,8-11H2,1-2H3;1-2H,(H,5,6)(H,7,8)/b;;2-1-/t;15-,17+,18+;/m.1./s1. The van der Waals surface area contributed by atoms with Gasteiger partial charge < -0.3 is 29.6 Å². The van der Waals surface area contributed by atoms with E-state index in [1.165, 1.54) is 67.6 Å². The van der Waals surface area contributed by atoms with Gasteiger partial charge in [0.1, 0.15) is 5.75 Å². The van der Waals surface area contributed by atoms with Gasteiger partial charge >= 0.3 is 11.9 Å². The predicted octanol–water partition coefficient (Wildman–Crippen LogP) is 7.22. The van der Waals surface area contributed by atoms with E-state index in [-0.39, 0.29) is 0 Å². The quantitative estimate of drug-likeness (QED) is 0.253. The molecule has 1 saturated carbocycles. The molecule has 1 saturated heterocycles. The van der Waals surface area contributed by atoms with Crippen LogP contribution in [0, 0.1) is 11.8 Å². The zero-order chi connectivity index (χ0) is 35.8. The number of carbonyl (C=O) groups is 2. The van der Waals surface area contributed by atoms with Gasteiger partial charge in [-0.1, -0.05) is 62.2 Å². The van der Waals surface area contributed by atoms with E-state index < -0.39 is 11.9 Å². The second-order valence-electron chi connectivity index (χ2n) is 14.8. The third-order valence-electron chi connectivity index (χ3n) is 11.1. The number of hydrogen-bond donors (Lipinski definition) is 2. The number of methoxy groups -OCH3 is 1. The molecule has 2 aliphatic heterocycles. The Morgan fingerprint density at radius 1 is 0.920 bits per heavy atom. The zero-order valence-corrected chi connectivity index (χ0v) is 30.5. The Labute approximate surface area is 298 Å². The van der Waals surface area contributed by atoms with Crippen LogP contribution in [-0.2, 0) is 34.3 Å². The van der Waals surface area contributed by atoms with Crippen LogP contribution in [0.5, 0.6) is 5.75 Å². The molecule has 3 aromatic rings. The molecule has 0 spiro atoms. The van der Waals surface area contributed by atoms with Gasteiger partial charge in [-0.2, -0.15) is 0 Å². The van der Waals surface area contributed by atoms with E-state index >= 15 is 0 Å². The van der Waals surface area contributed by atoms with E-state index in [2.05, 4.69) is 109 Å². The maximum absolute atomic E-state index is 9.55. The highest BCUT2D eigenvalue weighted by atomic mass is 16.5. The predicted molar refractivity (Wildman–Crippen MR) is 201 cm³/mol. The molecular formula is C42H55N3O5. The summed E-state index contributed by atoms with van der Waals surface area (Å²) in [5, 5.41) is 15.6. The molecular weight excluding hydrogens is 626 g/mol. The Balaban J connectivity index is 0.000000161. The van der Waals surface area contributed by atoms with Crippen molar-refractivity contribution in [2.24, 2.45) is 11.8 Å². The second-order valence-corrected chi connectivity index (χ2v) is 14.8. The molecule has 1 unspecified atom stereocenters. The van der Waals surface area contributed by atoms with E-state index in [4.69, 9.17) is 14.9 Å². The van der Waals surface area contributed by atoms with Crippen molar-refractivity contribution in [2.75, 3.05) is 52.8 Å². The highest BCUT2D eigenvalue weighted by Gasteiger charge is 2.53. The van der Waals surface area contributed by atoms with Crippen molar-refractivity contribution in [3.05, 3.63) is 101 Å². The molecule has 268 valence electrons. The minimum atomic E-state index is -1.26. The second kappa shape index (κ2) is 16.7.